The summed E-state index contributed by atoms with van der Waals surface area (Å²) in [6.45, 7) is 3.85. The maximum Gasteiger partial charge on any atom is 0.228 e. The molecule has 0 aliphatic carbocycles. The molecule has 164 valence electrons. The number of fused-ring (bicyclic) bond motifs is 1. The molecule has 2 aliphatic rings. The Kier molecular flexibility index (Phi) is 6.27. The number of halogens is 1. The third-order valence-electron chi connectivity index (χ3n) is 6.01. The molecular formula is C23H27FN4O3. The molecule has 0 bridgehead atoms. The number of rotatable bonds is 6. The molecule has 31 heavy (non-hydrogen) atoms. The van der Waals surface area contributed by atoms with Crippen LogP contribution in [0.5, 0.6) is 0 Å². The molecule has 1 aromatic heterocycles. The number of nitrogens with zero attached hydrogens (tertiary/aromatic N) is 4. The number of anilines is 1. The van der Waals surface area contributed by atoms with Crippen LogP contribution in [-0.2, 0) is 27.3 Å². The lowest BCUT2D eigenvalue weighted by atomic mass is 10.0. The topological polar surface area (TPSA) is 75.6 Å². The van der Waals surface area contributed by atoms with Gasteiger partial charge in [-0.2, -0.15) is 0 Å². The molecule has 1 atom stereocenters. The first-order valence-electron chi connectivity index (χ1n) is 10.6. The van der Waals surface area contributed by atoms with Crippen molar-refractivity contribution in [2.45, 2.75) is 45.1 Å². The number of ether oxygens (including phenoxy) is 1. The summed E-state index contributed by atoms with van der Waals surface area (Å²) in [5, 5.41) is 0. The van der Waals surface area contributed by atoms with Gasteiger partial charge in [0.15, 0.2) is 0 Å². The monoisotopic (exact) mass is 426 g/mol. The maximum atomic E-state index is 13.7. The molecule has 0 radical (unpaired) electrons. The molecule has 0 N–H and O–H groups in total. The molecular weight excluding hydrogens is 399 g/mol. The molecule has 1 saturated heterocycles. The van der Waals surface area contributed by atoms with E-state index in [1.807, 2.05) is 11.8 Å². The highest BCUT2D eigenvalue weighted by Gasteiger charge is 2.33. The number of likely N-dealkylation sites (tertiary alicyclic amines) is 1. The molecule has 8 heteroatoms. The van der Waals surface area contributed by atoms with E-state index in [4.69, 9.17) is 14.7 Å². The molecule has 0 spiro atoms. The second kappa shape index (κ2) is 9.09. The van der Waals surface area contributed by atoms with Crippen LogP contribution < -0.4 is 4.90 Å². The van der Waals surface area contributed by atoms with Crippen molar-refractivity contribution in [2.24, 2.45) is 0 Å². The molecule has 0 unspecified atom stereocenters. The average molecular weight is 426 g/mol. The lowest BCUT2D eigenvalue weighted by Crippen LogP contribution is -2.36. The fraction of sp³-hybridized carbons (Fsp3) is 0.478. The maximum absolute atomic E-state index is 13.7. The van der Waals surface area contributed by atoms with Crippen LogP contribution in [-0.4, -0.2) is 53.5 Å². The quantitative estimate of drug-likeness (QED) is 0.710. The standard InChI is InChI=1S/C23H27FN4O3/c1-15-19-6-7-21(30)28(13-16-4-3-5-18(24)12-16)23(19)26-22(25-15)17-8-10-27(14-17)20(29)9-11-31-2/h3-5,12,17H,6-11,13-14H2,1-2H3/t17-/m0/s1. The van der Waals surface area contributed by atoms with Crippen molar-refractivity contribution in [2.75, 3.05) is 31.7 Å². The van der Waals surface area contributed by atoms with Crippen molar-refractivity contribution in [1.82, 2.24) is 14.9 Å². The summed E-state index contributed by atoms with van der Waals surface area (Å²) in [6.07, 6.45) is 2.14. The molecule has 1 fully saturated rings. The number of benzene rings is 1. The smallest absolute Gasteiger partial charge is 0.228 e. The first-order valence-corrected chi connectivity index (χ1v) is 10.6. The first kappa shape index (κ1) is 21.4. The van der Waals surface area contributed by atoms with Crippen LogP contribution in [0.2, 0.25) is 0 Å². The fourth-order valence-corrected chi connectivity index (χ4v) is 4.31. The Morgan fingerprint density at radius 3 is 2.90 bits per heavy atom. The minimum absolute atomic E-state index is 0.0244. The Bertz CT molecular complexity index is 997. The predicted molar refractivity (Wildman–Crippen MR) is 113 cm³/mol. The third-order valence-corrected chi connectivity index (χ3v) is 6.01. The number of hydrogen-bond acceptors (Lipinski definition) is 5. The zero-order valence-corrected chi connectivity index (χ0v) is 17.9. The number of methoxy groups -OCH3 is 1. The summed E-state index contributed by atoms with van der Waals surface area (Å²) in [5.74, 6) is 1.03. The van der Waals surface area contributed by atoms with Gasteiger partial charge in [0.05, 0.1) is 19.6 Å². The van der Waals surface area contributed by atoms with Gasteiger partial charge in [-0.15, -0.1) is 0 Å². The van der Waals surface area contributed by atoms with Crippen LogP contribution in [0.3, 0.4) is 0 Å². The molecule has 4 rings (SSSR count). The first-order chi connectivity index (χ1) is 15.0. The number of aryl methyl sites for hydroxylation is 1. The summed E-state index contributed by atoms with van der Waals surface area (Å²) in [6, 6.07) is 6.28. The lowest BCUT2D eigenvalue weighted by molar-refractivity contribution is -0.131. The normalized spacial score (nSPS) is 18.4. The van der Waals surface area contributed by atoms with Crippen LogP contribution >= 0.6 is 0 Å². The Morgan fingerprint density at radius 1 is 1.29 bits per heavy atom. The Hall–Kier alpha value is -2.87. The highest BCUT2D eigenvalue weighted by molar-refractivity contribution is 5.95. The van der Waals surface area contributed by atoms with E-state index >= 15 is 0 Å². The van der Waals surface area contributed by atoms with Gasteiger partial charge in [0.2, 0.25) is 11.8 Å². The van der Waals surface area contributed by atoms with Gasteiger partial charge >= 0.3 is 0 Å². The minimum atomic E-state index is -0.328. The van der Waals surface area contributed by atoms with Crippen molar-refractivity contribution in [3.05, 3.63) is 52.7 Å². The zero-order valence-electron chi connectivity index (χ0n) is 17.9. The number of aromatic nitrogens is 2. The van der Waals surface area contributed by atoms with Crippen LogP contribution in [0.4, 0.5) is 10.2 Å². The lowest BCUT2D eigenvalue weighted by Gasteiger charge is -2.30. The Morgan fingerprint density at radius 2 is 2.13 bits per heavy atom. The van der Waals surface area contributed by atoms with E-state index in [2.05, 4.69) is 0 Å². The van der Waals surface area contributed by atoms with Gasteiger partial charge < -0.3 is 9.64 Å². The molecule has 0 saturated carbocycles. The summed E-state index contributed by atoms with van der Waals surface area (Å²) in [7, 11) is 1.58. The highest BCUT2D eigenvalue weighted by atomic mass is 19.1. The summed E-state index contributed by atoms with van der Waals surface area (Å²) in [5.41, 5.74) is 2.54. The molecule has 2 amide bonds. The van der Waals surface area contributed by atoms with E-state index in [1.54, 1.807) is 24.1 Å². The van der Waals surface area contributed by atoms with Gasteiger partial charge in [-0.1, -0.05) is 12.1 Å². The number of amides is 2. The predicted octanol–water partition coefficient (Wildman–Crippen LogP) is 2.76. The highest BCUT2D eigenvalue weighted by Crippen LogP contribution is 2.33. The molecule has 1 aromatic carbocycles. The van der Waals surface area contributed by atoms with E-state index < -0.39 is 0 Å². The average Bonchev–Trinajstić information content (AvgIpc) is 3.24. The van der Waals surface area contributed by atoms with Crippen molar-refractivity contribution >= 4 is 17.6 Å². The van der Waals surface area contributed by atoms with Gasteiger partial charge in [-0.3, -0.25) is 14.5 Å². The minimum Gasteiger partial charge on any atom is -0.384 e. The van der Waals surface area contributed by atoms with Gasteiger partial charge in [0, 0.05) is 43.8 Å². The Balaban J connectivity index is 1.59. The largest absolute Gasteiger partial charge is 0.384 e. The number of carbonyl (C=O) groups excluding carboxylic acids is 2. The molecule has 7 nitrogen and oxygen atoms in total. The molecule has 3 heterocycles. The van der Waals surface area contributed by atoms with Gasteiger partial charge in [0.1, 0.15) is 17.5 Å². The van der Waals surface area contributed by atoms with E-state index in [0.29, 0.717) is 50.6 Å². The van der Waals surface area contributed by atoms with E-state index in [-0.39, 0.29) is 30.1 Å². The summed E-state index contributed by atoms with van der Waals surface area (Å²) < 4.78 is 18.7. The van der Waals surface area contributed by atoms with Crippen molar-refractivity contribution in [1.29, 1.82) is 0 Å². The second-order valence-electron chi connectivity index (χ2n) is 8.15. The van der Waals surface area contributed by atoms with Crippen LogP contribution in [0.15, 0.2) is 24.3 Å². The van der Waals surface area contributed by atoms with Gasteiger partial charge in [0.25, 0.3) is 0 Å². The zero-order chi connectivity index (χ0) is 22.0. The fourth-order valence-electron chi connectivity index (χ4n) is 4.31. The van der Waals surface area contributed by atoms with Crippen LogP contribution in [0, 0.1) is 12.7 Å². The summed E-state index contributed by atoms with van der Waals surface area (Å²) >= 11 is 0. The Labute approximate surface area is 181 Å². The number of hydrogen-bond donors (Lipinski definition) is 0. The van der Waals surface area contributed by atoms with Crippen molar-refractivity contribution in [3.63, 3.8) is 0 Å². The van der Waals surface area contributed by atoms with Gasteiger partial charge in [-0.25, -0.2) is 14.4 Å². The van der Waals surface area contributed by atoms with E-state index in [0.717, 1.165) is 23.2 Å². The van der Waals surface area contributed by atoms with E-state index in [1.165, 1.54) is 12.1 Å². The third kappa shape index (κ3) is 4.58. The van der Waals surface area contributed by atoms with Crippen molar-refractivity contribution in [3.8, 4) is 0 Å². The number of carbonyl (C=O) groups is 2. The molecule has 2 aliphatic heterocycles. The second-order valence-corrected chi connectivity index (χ2v) is 8.15. The van der Waals surface area contributed by atoms with E-state index in [9.17, 15) is 14.0 Å². The SMILES string of the molecule is COCCC(=O)N1CC[C@H](c2nc(C)c3c(n2)N(Cc2cccc(F)c2)C(=O)CC3)C1. The molecule has 2 aromatic rings. The van der Waals surface area contributed by atoms with Crippen LogP contribution in [0.25, 0.3) is 0 Å². The van der Waals surface area contributed by atoms with Crippen LogP contribution in [0.1, 0.15) is 47.8 Å². The summed E-state index contributed by atoms with van der Waals surface area (Å²) in [4.78, 5) is 38.1. The van der Waals surface area contributed by atoms with Gasteiger partial charge in [-0.05, 0) is 37.5 Å². The van der Waals surface area contributed by atoms with Crippen molar-refractivity contribution < 1.29 is 18.7 Å².